The fourth-order valence-corrected chi connectivity index (χ4v) is 3.82. The third-order valence-electron chi connectivity index (χ3n) is 5.63. The van der Waals surface area contributed by atoms with Gasteiger partial charge in [-0.15, -0.1) is 0 Å². The van der Waals surface area contributed by atoms with Crippen molar-refractivity contribution in [3.8, 4) is 5.75 Å². The van der Waals surface area contributed by atoms with Crippen molar-refractivity contribution in [2.45, 2.75) is 96.8 Å². The third kappa shape index (κ3) is 14.1. The second-order valence-corrected chi connectivity index (χ2v) is 9.14. The zero-order valence-electron chi connectivity index (χ0n) is 21.2. The summed E-state index contributed by atoms with van der Waals surface area (Å²) in [4.78, 5) is 8.72. The van der Waals surface area contributed by atoms with Gasteiger partial charge in [-0.25, -0.2) is 4.99 Å². The molecule has 1 rings (SSSR count). The Labute approximate surface area is 193 Å². The van der Waals surface area contributed by atoms with E-state index in [0.717, 1.165) is 30.4 Å². The zero-order chi connectivity index (χ0) is 22.7. The molecule has 0 radical (unpaired) electrons. The molecule has 0 amide bonds. The van der Waals surface area contributed by atoms with Gasteiger partial charge in [-0.05, 0) is 30.7 Å². The van der Waals surface area contributed by atoms with Crippen molar-refractivity contribution < 1.29 is 4.74 Å². The second kappa shape index (κ2) is 17.9. The maximum atomic E-state index is 5.90. The average Bonchev–Trinajstić information content (AvgIpc) is 2.75. The number of rotatable bonds is 17. The van der Waals surface area contributed by atoms with Crippen molar-refractivity contribution in [3.05, 3.63) is 24.3 Å². The minimum Gasteiger partial charge on any atom is -0.494 e. The monoisotopic (exact) mass is 431 g/mol. The van der Waals surface area contributed by atoms with E-state index in [1.807, 2.05) is 62.3 Å². The Hall–Kier alpha value is -1.71. The number of hydrogen-bond donors (Lipinski definition) is 0. The minimum atomic E-state index is 0.807. The van der Waals surface area contributed by atoms with E-state index in [1.54, 1.807) is 0 Å². The summed E-state index contributed by atoms with van der Waals surface area (Å²) in [5.41, 5.74) is 0.946. The molecular weight excluding hydrogens is 382 g/mol. The van der Waals surface area contributed by atoms with Crippen LogP contribution in [-0.2, 0) is 0 Å². The molecular formula is C27H49N3O. The number of guanidine groups is 1. The lowest BCUT2D eigenvalue weighted by atomic mass is 10.0. The first-order valence-electron chi connectivity index (χ1n) is 12.7. The molecule has 0 spiro atoms. The summed E-state index contributed by atoms with van der Waals surface area (Å²) in [6.45, 7) is 3.09. The number of hydrogen-bond acceptors (Lipinski definition) is 2. The molecule has 0 N–H and O–H groups in total. The summed E-state index contributed by atoms with van der Waals surface area (Å²) >= 11 is 0. The fourth-order valence-electron chi connectivity index (χ4n) is 3.82. The Morgan fingerprint density at radius 3 is 1.48 bits per heavy atom. The van der Waals surface area contributed by atoms with Crippen molar-refractivity contribution >= 4 is 11.6 Å². The predicted octanol–water partition coefficient (Wildman–Crippen LogP) is 7.66. The molecule has 0 saturated heterocycles. The summed E-state index contributed by atoms with van der Waals surface area (Å²) in [7, 11) is 8.03. The first-order valence-corrected chi connectivity index (χ1v) is 12.7. The van der Waals surface area contributed by atoms with Crippen LogP contribution in [0.3, 0.4) is 0 Å². The fraction of sp³-hybridized carbons (Fsp3) is 0.741. The van der Waals surface area contributed by atoms with Gasteiger partial charge in [0.25, 0.3) is 0 Å². The van der Waals surface area contributed by atoms with E-state index in [-0.39, 0.29) is 0 Å². The van der Waals surface area contributed by atoms with Gasteiger partial charge in [0.2, 0.25) is 5.96 Å². The summed E-state index contributed by atoms with van der Waals surface area (Å²) in [5.74, 6) is 1.86. The third-order valence-corrected chi connectivity index (χ3v) is 5.63. The van der Waals surface area contributed by atoms with E-state index >= 15 is 0 Å². The number of unbranched alkanes of at least 4 members (excludes halogenated alkanes) is 13. The van der Waals surface area contributed by atoms with Crippen LogP contribution in [0, 0.1) is 0 Å². The molecule has 0 atom stereocenters. The van der Waals surface area contributed by atoms with E-state index in [0.29, 0.717) is 0 Å². The van der Waals surface area contributed by atoms with Crippen LogP contribution in [0.4, 0.5) is 5.69 Å². The Morgan fingerprint density at radius 2 is 1.06 bits per heavy atom. The molecule has 0 bridgehead atoms. The predicted molar refractivity (Wildman–Crippen MR) is 137 cm³/mol. The van der Waals surface area contributed by atoms with Gasteiger partial charge in [0.1, 0.15) is 5.75 Å². The molecule has 4 heteroatoms. The molecule has 0 aliphatic rings. The van der Waals surface area contributed by atoms with Crippen molar-refractivity contribution in [1.82, 2.24) is 9.80 Å². The van der Waals surface area contributed by atoms with Crippen molar-refractivity contribution in [3.63, 3.8) is 0 Å². The Balaban J connectivity index is 2.02. The van der Waals surface area contributed by atoms with Gasteiger partial charge >= 0.3 is 0 Å². The molecule has 0 aromatic heterocycles. The van der Waals surface area contributed by atoms with Crippen LogP contribution in [0.1, 0.15) is 96.8 Å². The largest absolute Gasteiger partial charge is 0.494 e. The van der Waals surface area contributed by atoms with E-state index in [1.165, 1.54) is 83.5 Å². The van der Waals surface area contributed by atoms with Gasteiger partial charge in [-0.2, -0.15) is 0 Å². The summed E-state index contributed by atoms with van der Waals surface area (Å²) in [6.07, 6.45) is 19.4. The van der Waals surface area contributed by atoms with Gasteiger partial charge in [-0.3, -0.25) is 0 Å². The molecule has 0 unspecified atom stereocenters. The molecule has 31 heavy (non-hydrogen) atoms. The highest BCUT2D eigenvalue weighted by Gasteiger charge is 2.04. The number of benzene rings is 1. The first kappa shape index (κ1) is 27.3. The lowest BCUT2D eigenvalue weighted by Crippen LogP contribution is -2.35. The molecule has 0 aliphatic carbocycles. The van der Waals surface area contributed by atoms with E-state index < -0.39 is 0 Å². The zero-order valence-corrected chi connectivity index (χ0v) is 21.2. The molecule has 0 aliphatic heterocycles. The lowest BCUT2D eigenvalue weighted by Gasteiger charge is -2.22. The first-order chi connectivity index (χ1) is 15.0. The summed E-state index contributed by atoms with van der Waals surface area (Å²) in [6, 6.07) is 8.08. The second-order valence-electron chi connectivity index (χ2n) is 9.14. The molecule has 1 aromatic carbocycles. The van der Waals surface area contributed by atoms with Crippen molar-refractivity contribution in [2.75, 3.05) is 34.8 Å². The molecule has 0 heterocycles. The average molecular weight is 432 g/mol. The Bertz CT molecular complexity index is 556. The standard InChI is InChI=1S/C27H49N3O/c1-6-7-8-9-10-11-12-13-14-15-16-17-18-19-24-31-26-22-20-25(21-23-26)28-27(29(2)3)30(4)5/h20-23H,6-19,24H2,1-5H3. The molecule has 4 nitrogen and oxygen atoms in total. The van der Waals surface area contributed by atoms with Crippen LogP contribution in [0.2, 0.25) is 0 Å². The van der Waals surface area contributed by atoms with Crippen LogP contribution in [0.15, 0.2) is 29.3 Å². The van der Waals surface area contributed by atoms with Crippen LogP contribution in [0.5, 0.6) is 5.75 Å². The Morgan fingerprint density at radius 1 is 0.645 bits per heavy atom. The van der Waals surface area contributed by atoms with Crippen LogP contribution < -0.4 is 4.74 Å². The molecule has 178 valence electrons. The smallest absolute Gasteiger partial charge is 0.200 e. The van der Waals surface area contributed by atoms with Crippen LogP contribution in [-0.4, -0.2) is 50.6 Å². The van der Waals surface area contributed by atoms with Gasteiger partial charge in [0, 0.05) is 28.2 Å². The molecule has 1 aromatic rings. The maximum Gasteiger partial charge on any atom is 0.200 e. The van der Waals surface area contributed by atoms with Crippen molar-refractivity contribution in [2.24, 2.45) is 4.99 Å². The quantitative estimate of drug-likeness (QED) is 0.144. The number of aliphatic imine (C=N–C) groups is 1. The minimum absolute atomic E-state index is 0.807. The van der Waals surface area contributed by atoms with Gasteiger partial charge in [0.15, 0.2) is 0 Å². The highest BCUT2D eigenvalue weighted by atomic mass is 16.5. The highest BCUT2D eigenvalue weighted by molar-refractivity contribution is 5.82. The SMILES string of the molecule is CCCCCCCCCCCCCCCCOc1ccc(N=C(N(C)C)N(C)C)cc1. The molecule has 0 saturated carbocycles. The number of ether oxygens (including phenoxy) is 1. The van der Waals surface area contributed by atoms with Crippen LogP contribution >= 0.6 is 0 Å². The topological polar surface area (TPSA) is 28.1 Å². The van der Waals surface area contributed by atoms with E-state index in [9.17, 15) is 0 Å². The van der Waals surface area contributed by atoms with E-state index in [2.05, 4.69) is 11.9 Å². The van der Waals surface area contributed by atoms with Gasteiger partial charge in [-0.1, -0.05) is 90.4 Å². The van der Waals surface area contributed by atoms with Gasteiger partial charge in [0.05, 0.1) is 12.3 Å². The van der Waals surface area contributed by atoms with E-state index in [4.69, 9.17) is 4.74 Å². The van der Waals surface area contributed by atoms with Crippen molar-refractivity contribution in [1.29, 1.82) is 0 Å². The molecule has 0 fully saturated rings. The normalized spacial score (nSPS) is 10.7. The van der Waals surface area contributed by atoms with Crippen LogP contribution in [0.25, 0.3) is 0 Å². The maximum absolute atomic E-state index is 5.90. The summed E-state index contributed by atoms with van der Waals surface area (Å²) < 4.78 is 5.90. The Kier molecular flexibility index (Phi) is 15.8. The number of nitrogens with zero attached hydrogens (tertiary/aromatic N) is 3. The van der Waals surface area contributed by atoms with Gasteiger partial charge < -0.3 is 14.5 Å². The highest BCUT2D eigenvalue weighted by Crippen LogP contribution is 2.19. The lowest BCUT2D eigenvalue weighted by molar-refractivity contribution is 0.304. The summed E-state index contributed by atoms with van der Waals surface area (Å²) in [5, 5.41) is 0.